The summed E-state index contributed by atoms with van der Waals surface area (Å²) in [6.07, 6.45) is 1.70. The Morgan fingerprint density at radius 2 is 2.05 bits per heavy atom. The highest BCUT2D eigenvalue weighted by atomic mass is 79.9. The van der Waals surface area contributed by atoms with Gasteiger partial charge in [-0.05, 0) is 56.4 Å². The SMILES string of the molecule is CC(C)N(C(=S)NC(=O)c1cccc(Br)c1)c1ccccn1. The maximum atomic E-state index is 12.3. The van der Waals surface area contributed by atoms with Crippen LogP contribution in [0.1, 0.15) is 24.2 Å². The van der Waals surface area contributed by atoms with Gasteiger partial charge in [0.25, 0.3) is 5.91 Å². The second kappa shape index (κ2) is 7.47. The topological polar surface area (TPSA) is 45.2 Å². The summed E-state index contributed by atoms with van der Waals surface area (Å²) in [5.74, 6) is 0.463. The third-order valence-corrected chi connectivity index (χ3v) is 3.73. The Hall–Kier alpha value is -1.79. The molecule has 0 bridgehead atoms. The number of carbonyl (C=O) groups excluding carboxylic acids is 1. The second-order valence-corrected chi connectivity index (χ2v) is 6.22. The lowest BCUT2D eigenvalue weighted by Gasteiger charge is -2.28. The van der Waals surface area contributed by atoms with Crippen LogP contribution in [-0.2, 0) is 0 Å². The van der Waals surface area contributed by atoms with Gasteiger partial charge in [0.2, 0.25) is 0 Å². The highest BCUT2D eigenvalue weighted by Gasteiger charge is 2.19. The zero-order valence-corrected chi connectivity index (χ0v) is 14.7. The summed E-state index contributed by atoms with van der Waals surface area (Å²) < 4.78 is 0.844. The summed E-state index contributed by atoms with van der Waals surface area (Å²) in [6.45, 7) is 3.98. The molecule has 1 N–H and O–H groups in total. The largest absolute Gasteiger partial charge is 0.301 e. The molecule has 1 amide bonds. The summed E-state index contributed by atoms with van der Waals surface area (Å²) in [7, 11) is 0. The molecule has 1 aromatic heterocycles. The summed E-state index contributed by atoms with van der Waals surface area (Å²) >= 11 is 8.74. The Morgan fingerprint density at radius 1 is 1.27 bits per heavy atom. The van der Waals surface area contributed by atoms with Crippen LogP contribution < -0.4 is 10.2 Å². The number of hydrogen-bond acceptors (Lipinski definition) is 3. The molecule has 0 spiro atoms. The number of thiocarbonyl (C=S) groups is 1. The number of anilines is 1. The molecule has 0 saturated heterocycles. The summed E-state index contributed by atoms with van der Waals surface area (Å²) in [5.41, 5.74) is 0.543. The predicted octanol–water partition coefficient (Wildman–Crippen LogP) is 3.77. The van der Waals surface area contributed by atoms with Crippen LogP contribution in [0.2, 0.25) is 0 Å². The van der Waals surface area contributed by atoms with Crippen LogP contribution >= 0.6 is 28.1 Å². The molecule has 4 nitrogen and oxygen atoms in total. The number of aromatic nitrogens is 1. The monoisotopic (exact) mass is 377 g/mol. The normalized spacial score (nSPS) is 10.4. The maximum absolute atomic E-state index is 12.3. The number of hydrogen-bond donors (Lipinski definition) is 1. The maximum Gasteiger partial charge on any atom is 0.257 e. The molecule has 1 aromatic carbocycles. The fourth-order valence-corrected chi connectivity index (χ4v) is 2.75. The van der Waals surface area contributed by atoms with Gasteiger partial charge in [0.15, 0.2) is 5.11 Å². The minimum Gasteiger partial charge on any atom is -0.301 e. The molecular formula is C16H16BrN3OS. The van der Waals surface area contributed by atoms with Crippen LogP contribution in [-0.4, -0.2) is 22.0 Å². The van der Waals surface area contributed by atoms with E-state index < -0.39 is 0 Å². The molecule has 2 rings (SSSR count). The quantitative estimate of drug-likeness (QED) is 0.826. The van der Waals surface area contributed by atoms with Gasteiger partial charge in [-0.25, -0.2) is 4.98 Å². The first-order chi connectivity index (χ1) is 10.5. The first kappa shape index (κ1) is 16.6. The Kier molecular flexibility index (Phi) is 5.63. The lowest BCUT2D eigenvalue weighted by Crippen LogP contribution is -2.46. The highest BCUT2D eigenvalue weighted by Crippen LogP contribution is 2.15. The van der Waals surface area contributed by atoms with Crippen molar-refractivity contribution in [3.05, 3.63) is 58.7 Å². The molecular weight excluding hydrogens is 362 g/mol. The lowest BCUT2D eigenvalue weighted by atomic mass is 10.2. The van der Waals surface area contributed by atoms with Crippen molar-refractivity contribution in [1.82, 2.24) is 10.3 Å². The number of carbonyl (C=O) groups is 1. The average Bonchev–Trinajstić information content (AvgIpc) is 2.48. The molecule has 0 aliphatic carbocycles. The van der Waals surface area contributed by atoms with Crippen molar-refractivity contribution in [3.8, 4) is 0 Å². The zero-order valence-electron chi connectivity index (χ0n) is 12.3. The van der Waals surface area contributed by atoms with Crippen LogP contribution in [0.3, 0.4) is 0 Å². The van der Waals surface area contributed by atoms with Gasteiger partial charge in [-0.15, -0.1) is 0 Å². The van der Waals surface area contributed by atoms with E-state index in [9.17, 15) is 4.79 Å². The van der Waals surface area contributed by atoms with Gasteiger partial charge in [0.05, 0.1) is 0 Å². The standard InChI is InChI=1S/C16H16BrN3OS/c1-11(2)20(14-8-3-4-9-18-14)16(22)19-15(21)12-6-5-7-13(17)10-12/h3-11H,1-2H3,(H,19,21,22). The third-order valence-electron chi connectivity index (χ3n) is 2.94. The van der Waals surface area contributed by atoms with E-state index >= 15 is 0 Å². The van der Waals surface area contributed by atoms with E-state index in [-0.39, 0.29) is 11.9 Å². The van der Waals surface area contributed by atoms with Crippen molar-refractivity contribution in [2.24, 2.45) is 0 Å². The van der Waals surface area contributed by atoms with E-state index in [0.717, 1.165) is 4.47 Å². The number of amides is 1. The van der Waals surface area contributed by atoms with Crippen molar-refractivity contribution < 1.29 is 4.79 Å². The van der Waals surface area contributed by atoms with Crippen molar-refractivity contribution in [2.75, 3.05) is 4.90 Å². The Balaban J connectivity index is 2.17. The molecule has 2 aromatic rings. The second-order valence-electron chi connectivity index (χ2n) is 4.92. The Morgan fingerprint density at radius 3 is 2.64 bits per heavy atom. The minimum absolute atomic E-state index is 0.0743. The summed E-state index contributed by atoms with van der Waals surface area (Å²) in [4.78, 5) is 18.4. The molecule has 0 radical (unpaired) electrons. The average molecular weight is 378 g/mol. The molecule has 0 aliphatic heterocycles. The summed E-state index contributed by atoms with van der Waals surface area (Å²) in [5, 5.41) is 3.09. The number of pyridine rings is 1. The fourth-order valence-electron chi connectivity index (χ4n) is 1.96. The smallest absolute Gasteiger partial charge is 0.257 e. The molecule has 114 valence electrons. The van der Waals surface area contributed by atoms with Crippen molar-refractivity contribution in [3.63, 3.8) is 0 Å². The summed E-state index contributed by atoms with van der Waals surface area (Å²) in [6, 6.07) is 12.8. The van der Waals surface area contributed by atoms with Crippen molar-refractivity contribution >= 4 is 45.0 Å². The number of halogens is 1. The van der Waals surface area contributed by atoms with Gasteiger partial charge >= 0.3 is 0 Å². The molecule has 0 unspecified atom stereocenters. The van der Waals surface area contributed by atoms with Crippen molar-refractivity contribution in [1.29, 1.82) is 0 Å². The lowest BCUT2D eigenvalue weighted by molar-refractivity contribution is 0.0977. The number of benzene rings is 1. The predicted molar refractivity (Wildman–Crippen MR) is 96.1 cm³/mol. The zero-order chi connectivity index (χ0) is 16.1. The molecule has 1 heterocycles. The van der Waals surface area contributed by atoms with E-state index in [1.807, 2.05) is 43.0 Å². The van der Waals surface area contributed by atoms with Gasteiger partial charge in [-0.1, -0.05) is 28.1 Å². The van der Waals surface area contributed by atoms with Gasteiger partial charge in [-0.3, -0.25) is 10.1 Å². The first-order valence-corrected chi connectivity index (χ1v) is 8.00. The Bertz CT molecular complexity index is 676. The van der Waals surface area contributed by atoms with Crippen LogP contribution in [0.4, 0.5) is 5.82 Å². The van der Waals surface area contributed by atoms with Gasteiger partial charge in [0, 0.05) is 22.3 Å². The molecule has 0 fully saturated rings. The highest BCUT2D eigenvalue weighted by molar-refractivity contribution is 9.10. The van der Waals surface area contributed by atoms with E-state index in [2.05, 4.69) is 26.2 Å². The fraction of sp³-hybridized carbons (Fsp3) is 0.188. The van der Waals surface area contributed by atoms with Crippen LogP contribution in [0.5, 0.6) is 0 Å². The van der Waals surface area contributed by atoms with Crippen LogP contribution in [0.15, 0.2) is 53.1 Å². The number of nitrogens with one attached hydrogen (secondary N) is 1. The van der Waals surface area contributed by atoms with Gasteiger partial charge in [0.1, 0.15) is 5.82 Å². The Labute approximate surface area is 143 Å². The molecule has 22 heavy (non-hydrogen) atoms. The van der Waals surface area contributed by atoms with Gasteiger partial charge < -0.3 is 4.90 Å². The molecule has 0 aliphatic rings. The van der Waals surface area contributed by atoms with E-state index in [1.165, 1.54) is 0 Å². The van der Waals surface area contributed by atoms with E-state index in [1.54, 1.807) is 24.4 Å². The third kappa shape index (κ3) is 4.11. The van der Waals surface area contributed by atoms with Crippen LogP contribution in [0.25, 0.3) is 0 Å². The first-order valence-electron chi connectivity index (χ1n) is 6.80. The number of nitrogens with zero attached hydrogens (tertiary/aromatic N) is 2. The van der Waals surface area contributed by atoms with E-state index in [4.69, 9.17) is 12.2 Å². The minimum atomic E-state index is -0.243. The molecule has 0 atom stereocenters. The molecule has 0 saturated carbocycles. The number of rotatable bonds is 3. The van der Waals surface area contributed by atoms with Gasteiger partial charge in [-0.2, -0.15) is 0 Å². The van der Waals surface area contributed by atoms with E-state index in [0.29, 0.717) is 16.5 Å². The van der Waals surface area contributed by atoms with Crippen molar-refractivity contribution in [2.45, 2.75) is 19.9 Å². The van der Waals surface area contributed by atoms with Crippen LogP contribution in [0, 0.1) is 0 Å². The molecule has 6 heteroatoms.